The van der Waals surface area contributed by atoms with Gasteiger partial charge in [-0.15, -0.1) is 11.3 Å². The minimum absolute atomic E-state index is 0.700. The molecule has 0 amide bonds. The molecule has 0 spiro atoms. The van der Waals surface area contributed by atoms with Crippen molar-refractivity contribution >= 4 is 75.1 Å². The third-order valence-electron chi connectivity index (χ3n) is 11.3. The predicted octanol–water partition coefficient (Wildman–Crippen LogP) is 14.0. The predicted molar refractivity (Wildman–Crippen MR) is 240 cm³/mol. The van der Waals surface area contributed by atoms with Crippen LogP contribution in [-0.2, 0) is 0 Å². The van der Waals surface area contributed by atoms with Crippen molar-refractivity contribution in [3.8, 4) is 45.3 Å². The van der Waals surface area contributed by atoms with E-state index in [9.17, 15) is 0 Å². The van der Waals surface area contributed by atoms with Gasteiger partial charge in [0.05, 0.1) is 38.2 Å². The number of fused-ring (bicyclic) bond motifs is 12. The average Bonchev–Trinajstić information content (AvgIpc) is 3.95. The first-order chi connectivity index (χ1) is 28.3. The van der Waals surface area contributed by atoms with Crippen molar-refractivity contribution in [2.45, 2.75) is 0 Å². The molecule has 0 aliphatic heterocycles. The summed E-state index contributed by atoms with van der Waals surface area (Å²) in [6.45, 7) is 0. The lowest BCUT2D eigenvalue weighted by atomic mass is 10.0. The van der Waals surface area contributed by atoms with Crippen LogP contribution < -0.4 is 0 Å². The zero-order chi connectivity index (χ0) is 37.5. The lowest BCUT2D eigenvalue weighted by molar-refractivity contribution is 1.17. The zero-order valence-corrected chi connectivity index (χ0v) is 31.5. The summed E-state index contributed by atoms with van der Waals surface area (Å²) in [5.74, 6) is 0.700. The van der Waals surface area contributed by atoms with Crippen molar-refractivity contribution in [1.82, 2.24) is 19.1 Å². The van der Waals surface area contributed by atoms with Gasteiger partial charge in [-0.25, -0.2) is 9.97 Å². The molecule has 12 rings (SSSR count). The van der Waals surface area contributed by atoms with Crippen LogP contribution in [-0.4, -0.2) is 19.1 Å². The van der Waals surface area contributed by atoms with Crippen LogP contribution in [0.1, 0.15) is 0 Å². The first-order valence-electron chi connectivity index (χ1n) is 19.3. The lowest BCUT2D eigenvalue weighted by Crippen LogP contribution is -1.98. The van der Waals surface area contributed by atoms with Crippen LogP contribution in [0.4, 0.5) is 0 Å². The van der Waals surface area contributed by atoms with Gasteiger partial charge in [0.25, 0.3) is 0 Å². The Kier molecular flexibility index (Phi) is 7.06. The van der Waals surface area contributed by atoms with E-state index < -0.39 is 0 Å². The molecule has 4 heterocycles. The first-order valence-corrected chi connectivity index (χ1v) is 20.1. The van der Waals surface area contributed by atoms with Gasteiger partial charge >= 0.3 is 0 Å². The molecule has 0 atom stereocenters. The molecule has 0 bridgehead atoms. The Morgan fingerprint density at radius 3 is 1.46 bits per heavy atom. The topological polar surface area (TPSA) is 35.6 Å². The van der Waals surface area contributed by atoms with E-state index in [4.69, 9.17) is 9.97 Å². The highest BCUT2D eigenvalue weighted by Gasteiger charge is 2.26. The quantitative estimate of drug-likeness (QED) is 0.176. The molecule has 12 aromatic rings. The minimum Gasteiger partial charge on any atom is -0.309 e. The normalized spacial score (nSPS) is 11.9. The van der Waals surface area contributed by atoms with E-state index >= 15 is 0 Å². The fourth-order valence-corrected chi connectivity index (χ4v) is 10.1. The fourth-order valence-electron chi connectivity index (χ4n) is 8.85. The van der Waals surface area contributed by atoms with E-state index in [1.807, 2.05) is 23.5 Å². The maximum atomic E-state index is 5.13. The van der Waals surface area contributed by atoms with Crippen LogP contribution in [0.2, 0.25) is 0 Å². The highest BCUT2D eigenvalue weighted by molar-refractivity contribution is 7.27. The Balaban J connectivity index is 1.16. The van der Waals surface area contributed by atoms with E-state index in [0.29, 0.717) is 5.82 Å². The molecule has 8 aromatic carbocycles. The van der Waals surface area contributed by atoms with Crippen LogP contribution in [0.3, 0.4) is 0 Å². The number of nitrogens with zero attached hydrogens (tertiary/aromatic N) is 4. The molecule has 0 fully saturated rings. The summed E-state index contributed by atoms with van der Waals surface area (Å²) in [7, 11) is 0. The van der Waals surface area contributed by atoms with Crippen molar-refractivity contribution < 1.29 is 0 Å². The fraction of sp³-hybridized carbons (Fsp3) is 0. The molecule has 5 heteroatoms. The highest BCUT2D eigenvalue weighted by atomic mass is 32.1. The van der Waals surface area contributed by atoms with Crippen LogP contribution in [0.15, 0.2) is 194 Å². The molecule has 57 heavy (non-hydrogen) atoms. The number of hydrogen-bond donors (Lipinski definition) is 0. The summed E-state index contributed by atoms with van der Waals surface area (Å²) in [6.07, 6.45) is 0. The van der Waals surface area contributed by atoms with Gasteiger partial charge < -0.3 is 9.13 Å². The van der Waals surface area contributed by atoms with E-state index in [1.54, 1.807) is 0 Å². The Bertz CT molecular complexity index is 3430. The molecule has 0 saturated carbocycles. The van der Waals surface area contributed by atoms with Crippen molar-refractivity contribution in [2.24, 2.45) is 0 Å². The molecule has 4 aromatic heterocycles. The first kappa shape index (κ1) is 32.0. The van der Waals surface area contributed by atoms with Crippen molar-refractivity contribution in [3.05, 3.63) is 194 Å². The van der Waals surface area contributed by atoms with Gasteiger partial charge in [0.2, 0.25) is 0 Å². The lowest BCUT2D eigenvalue weighted by Gasteiger charge is -2.13. The highest BCUT2D eigenvalue weighted by Crippen LogP contribution is 2.51. The maximum absolute atomic E-state index is 5.13. The number of benzene rings is 8. The second-order valence-corrected chi connectivity index (χ2v) is 15.6. The largest absolute Gasteiger partial charge is 0.309 e. The van der Waals surface area contributed by atoms with Gasteiger partial charge in [-0.1, -0.05) is 133 Å². The number of thiophene rings is 1. The summed E-state index contributed by atoms with van der Waals surface area (Å²) in [4.78, 5) is 10.3. The molecule has 0 saturated heterocycles. The van der Waals surface area contributed by atoms with Crippen molar-refractivity contribution in [1.29, 1.82) is 0 Å². The second kappa shape index (κ2) is 12.6. The van der Waals surface area contributed by atoms with Crippen molar-refractivity contribution in [2.75, 3.05) is 0 Å². The third-order valence-corrected chi connectivity index (χ3v) is 12.5. The summed E-state index contributed by atoms with van der Waals surface area (Å²) in [5.41, 5.74) is 12.0. The Morgan fingerprint density at radius 1 is 0.368 bits per heavy atom. The SMILES string of the molecule is c1ccc(-c2cc(-c3ccccc3)nc(-c3ccc(-n4c5ccccc5c5c6c7ccccc7n(-c7ccccc7)c6c6sc7ccccc7c6c54)cc3)n2)cc1. The third kappa shape index (κ3) is 4.86. The van der Waals surface area contributed by atoms with E-state index in [2.05, 4.69) is 191 Å². The van der Waals surface area contributed by atoms with E-state index in [0.717, 1.165) is 39.5 Å². The Morgan fingerprint density at radius 2 is 0.842 bits per heavy atom. The molecule has 0 N–H and O–H groups in total. The van der Waals surface area contributed by atoms with Gasteiger partial charge in [0.1, 0.15) is 0 Å². The van der Waals surface area contributed by atoms with Gasteiger partial charge in [-0.05, 0) is 60.7 Å². The second-order valence-electron chi connectivity index (χ2n) is 14.5. The van der Waals surface area contributed by atoms with Crippen LogP contribution in [0.5, 0.6) is 0 Å². The Labute approximate surface area is 332 Å². The number of hydrogen-bond acceptors (Lipinski definition) is 3. The van der Waals surface area contributed by atoms with Crippen molar-refractivity contribution in [3.63, 3.8) is 0 Å². The average molecular weight is 745 g/mol. The molecule has 0 radical (unpaired) electrons. The molecular formula is C52H32N4S. The molecule has 0 unspecified atom stereocenters. The monoisotopic (exact) mass is 744 g/mol. The van der Waals surface area contributed by atoms with Crippen LogP contribution in [0.25, 0.3) is 109 Å². The number of rotatable bonds is 5. The Hall–Kier alpha value is -7.34. The summed E-state index contributed by atoms with van der Waals surface area (Å²) in [6, 6.07) is 69.1. The molecule has 0 aliphatic rings. The van der Waals surface area contributed by atoms with E-state index in [1.165, 1.54) is 63.8 Å². The summed E-state index contributed by atoms with van der Waals surface area (Å²) < 4.78 is 7.54. The zero-order valence-electron chi connectivity index (χ0n) is 30.7. The van der Waals surface area contributed by atoms with Crippen LogP contribution in [0, 0.1) is 0 Å². The maximum Gasteiger partial charge on any atom is 0.160 e. The summed E-state index contributed by atoms with van der Waals surface area (Å²) in [5, 5.41) is 7.61. The number of para-hydroxylation sites is 3. The molecule has 266 valence electrons. The van der Waals surface area contributed by atoms with Gasteiger partial charge in [-0.2, -0.15) is 0 Å². The number of aromatic nitrogens is 4. The van der Waals surface area contributed by atoms with Gasteiger partial charge in [0, 0.05) is 65.1 Å². The van der Waals surface area contributed by atoms with Crippen LogP contribution >= 0.6 is 11.3 Å². The minimum atomic E-state index is 0.700. The summed E-state index contributed by atoms with van der Waals surface area (Å²) >= 11 is 1.89. The molecular weight excluding hydrogens is 713 g/mol. The molecule has 4 nitrogen and oxygen atoms in total. The molecule has 0 aliphatic carbocycles. The smallest absolute Gasteiger partial charge is 0.160 e. The standard InChI is InChI=1S/C52H32N4S/c1-4-16-33(17-5-1)41-32-42(34-18-6-2-7-19-34)54-52(53-41)35-28-30-37(31-29-35)55-43-25-13-10-22-38(43)46-47-39-23-11-14-26-44(39)56(36-20-8-3-9-21-36)50(47)51-48(49(46)55)40-24-12-15-27-45(40)57-51/h1-32H. The van der Waals surface area contributed by atoms with E-state index in [-0.39, 0.29) is 0 Å². The van der Waals surface area contributed by atoms with Gasteiger partial charge in [-0.3, -0.25) is 0 Å². The van der Waals surface area contributed by atoms with Gasteiger partial charge in [0.15, 0.2) is 5.82 Å².